The molecule has 0 radical (unpaired) electrons. The normalized spacial score (nSPS) is 36.7. The number of hydrogen-bond donors (Lipinski definition) is 1. The first-order valence-corrected chi connectivity index (χ1v) is 17.0. The molecule has 0 spiro atoms. The number of allylic oxidation sites excluding steroid dienone is 7. The molecule has 6 rings (SSSR count). The van der Waals surface area contributed by atoms with Gasteiger partial charge in [-0.25, -0.2) is 4.79 Å². The average Bonchev–Trinajstić information content (AvgIpc) is 3.51. The van der Waals surface area contributed by atoms with Crippen molar-refractivity contribution < 1.29 is 29.0 Å². The van der Waals surface area contributed by atoms with Crippen LogP contribution in [0.3, 0.4) is 0 Å². The van der Waals surface area contributed by atoms with Crippen LogP contribution in [0.2, 0.25) is 0 Å². The third kappa shape index (κ3) is 4.76. The van der Waals surface area contributed by atoms with Crippen LogP contribution in [0, 0.1) is 33.0 Å². The topological polar surface area (TPSA) is 108 Å². The fourth-order valence-electron chi connectivity index (χ4n) is 10.1. The molecule has 248 valence electrons. The number of aliphatic hydroxyl groups is 1. The molecular weight excluding hydrogens is 580 g/mol. The molecule has 46 heavy (non-hydrogen) atoms. The third-order valence-corrected chi connectivity index (χ3v) is 13.4. The summed E-state index contributed by atoms with van der Waals surface area (Å²) < 4.78 is 12.4. The number of esters is 2. The van der Waals surface area contributed by atoms with E-state index in [9.17, 15) is 19.5 Å². The van der Waals surface area contributed by atoms with Crippen molar-refractivity contribution in [3.63, 3.8) is 0 Å². The number of ether oxygens (including phenoxy) is 2. The molecule has 1 N–H and O–H groups in total. The quantitative estimate of drug-likeness (QED) is 0.244. The maximum Gasteiger partial charge on any atom is 0.341 e. The fourth-order valence-corrected chi connectivity index (χ4v) is 10.1. The van der Waals surface area contributed by atoms with Gasteiger partial charge in [0.2, 0.25) is 5.78 Å². The van der Waals surface area contributed by atoms with Crippen LogP contribution in [0.15, 0.2) is 58.7 Å². The van der Waals surface area contributed by atoms with E-state index in [4.69, 9.17) is 9.47 Å². The monoisotopic (exact) mass is 630 g/mol. The van der Waals surface area contributed by atoms with Crippen molar-refractivity contribution in [1.29, 1.82) is 0 Å². The van der Waals surface area contributed by atoms with Crippen LogP contribution in [0.5, 0.6) is 0 Å². The number of aliphatic hydroxyl groups excluding tert-OH is 1. The number of hydrogen-bond acceptors (Lipinski definition) is 7. The summed E-state index contributed by atoms with van der Waals surface area (Å²) in [7, 11) is 1.35. The fraction of sp³-hybridized carbons (Fsp3) is 0.632. The lowest BCUT2D eigenvalue weighted by Gasteiger charge is -2.70. The van der Waals surface area contributed by atoms with Crippen LogP contribution in [0.4, 0.5) is 0 Å². The lowest BCUT2D eigenvalue weighted by Crippen LogP contribution is -2.62. The van der Waals surface area contributed by atoms with Gasteiger partial charge in [0.1, 0.15) is 0 Å². The molecule has 3 fully saturated rings. The van der Waals surface area contributed by atoms with Gasteiger partial charge in [-0.2, -0.15) is 5.10 Å². The van der Waals surface area contributed by atoms with E-state index >= 15 is 0 Å². The van der Waals surface area contributed by atoms with Crippen LogP contribution >= 0.6 is 0 Å². The summed E-state index contributed by atoms with van der Waals surface area (Å²) in [6.07, 6.45) is 17.6. The van der Waals surface area contributed by atoms with Crippen molar-refractivity contribution in [2.45, 2.75) is 106 Å². The predicted octanol–water partition coefficient (Wildman–Crippen LogP) is 7.62. The number of methoxy groups -OCH3 is 1. The molecule has 6 atom stereocenters. The summed E-state index contributed by atoms with van der Waals surface area (Å²) in [5, 5.41) is 14.6. The van der Waals surface area contributed by atoms with Gasteiger partial charge in [-0.1, -0.05) is 45.4 Å². The summed E-state index contributed by atoms with van der Waals surface area (Å²) in [5.74, 6) is -0.568. The maximum absolute atomic E-state index is 13.7. The van der Waals surface area contributed by atoms with Crippen LogP contribution in [0.1, 0.15) is 110 Å². The molecule has 1 aromatic heterocycles. The van der Waals surface area contributed by atoms with Crippen molar-refractivity contribution in [1.82, 2.24) is 9.78 Å². The van der Waals surface area contributed by atoms with Crippen LogP contribution < -0.4 is 0 Å². The summed E-state index contributed by atoms with van der Waals surface area (Å²) in [4.78, 5) is 38.2. The predicted molar refractivity (Wildman–Crippen MR) is 175 cm³/mol. The van der Waals surface area contributed by atoms with Gasteiger partial charge in [-0.15, -0.1) is 0 Å². The molecule has 5 aliphatic rings. The van der Waals surface area contributed by atoms with Gasteiger partial charge in [-0.05, 0) is 111 Å². The highest BCUT2D eigenvalue weighted by molar-refractivity contribution is 6.06. The molecule has 1 heterocycles. The van der Waals surface area contributed by atoms with E-state index in [1.54, 1.807) is 17.0 Å². The van der Waals surface area contributed by atoms with Gasteiger partial charge >= 0.3 is 11.9 Å². The SMILES string of the molecule is COC(=O)c1cnn(CCCCOC(=O)[C@]2(C)CC[C@]3(C)CC[C@]4(C)C5=CC=C6C(=CC(=O)C(O)=C6C)[C@]5(C)CC[C@@]4(C)[C@@H]3C2)c1. The number of nitrogens with zero attached hydrogens (tertiary/aromatic N) is 2. The molecule has 0 unspecified atom stereocenters. The van der Waals surface area contributed by atoms with Crippen molar-refractivity contribution in [3.8, 4) is 0 Å². The second-order valence-corrected chi connectivity index (χ2v) is 15.9. The van der Waals surface area contributed by atoms with Gasteiger partial charge in [-0.3, -0.25) is 14.3 Å². The second kappa shape index (κ2) is 11.1. The minimum absolute atomic E-state index is 0.0161. The molecule has 8 heteroatoms. The number of aryl methyl sites for hydroxylation is 1. The van der Waals surface area contributed by atoms with E-state index in [2.05, 4.69) is 51.9 Å². The summed E-state index contributed by atoms with van der Waals surface area (Å²) in [6, 6.07) is 0. The molecule has 0 saturated heterocycles. The zero-order valence-electron chi connectivity index (χ0n) is 28.6. The molecule has 0 amide bonds. The average molecular weight is 631 g/mol. The molecule has 3 saturated carbocycles. The second-order valence-electron chi connectivity index (χ2n) is 15.9. The van der Waals surface area contributed by atoms with E-state index in [1.165, 1.54) is 18.9 Å². The van der Waals surface area contributed by atoms with Crippen molar-refractivity contribution in [3.05, 3.63) is 64.2 Å². The van der Waals surface area contributed by atoms with Gasteiger partial charge in [0, 0.05) is 23.7 Å². The Labute approximate surface area is 273 Å². The third-order valence-electron chi connectivity index (χ3n) is 13.4. The van der Waals surface area contributed by atoms with Gasteiger partial charge < -0.3 is 14.6 Å². The zero-order chi connectivity index (χ0) is 33.3. The summed E-state index contributed by atoms with van der Waals surface area (Å²) >= 11 is 0. The van der Waals surface area contributed by atoms with E-state index in [-0.39, 0.29) is 39.2 Å². The van der Waals surface area contributed by atoms with E-state index in [0.717, 1.165) is 68.9 Å². The van der Waals surface area contributed by atoms with Crippen LogP contribution in [0.25, 0.3) is 0 Å². The number of aromatic nitrogens is 2. The Morgan fingerprint density at radius 1 is 1.02 bits per heavy atom. The Kier molecular flexibility index (Phi) is 7.84. The number of carbonyl (C=O) groups is 3. The lowest BCUT2D eigenvalue weighted by molar-refractivity contribution is -0.182. The lowest BCUT2D eigenvalue weighted by atomic mass is 9.34. The van der Waals surface area contributed by atoms with Gasteiger partial charge in [0.25, 0.3) is 0 Å². The maximum atomic E-state index is 13.7. The summed E-state index contributed by atoms with van der Waals surface area (Å²) in [6.45, 7) is 14.6. The standard InChI is InChI=1S/C38H50N2O6/c1-24-26-10-11-29-36(4,27(26)20-28(41)31(24)42)15-17-38(6)30-21-35(3,13-12-34(30,2)14-16-37(29,38)5)33(44)46-19-9-8-18-40-23-25(22-39-40)32(43)45-7/h10-11,20,22-23,30,42H,8-9,12-19,21H2,1-7H3/t30-,34-,35-,36+,37-,38+/m1/s1. The first-order chi connectivity index (χ1) is 21.6. The Hall–Kier alpha value is -3.42. The summed E-state index contributed by atoms with van der Waals surface area (Å²) in [5.41, 5.74) is 3.80. The first kappa shape index (κ1) is 32.5. The number of carbonyl (C=O) groups excluding carboxylic acids is 3. The number of fused-ring (bicyclic) bond motifs is 7. The molecular formula is C38H50N2O6. The highest BCUT2D eigenvalue weighted by Crippen LogP contribution is 2.75. The van der Waals surface area contributed by atoms with Gasteiger partial charge in [0.15, 0.2) is 5.76 Å². The molecule has 0 aliphatic heterocycles. The molecule has 1 aromatic rings. The van der Waals surface area contributed by atoms with E-state index in [1.807, 2.05) is 6.92 Å². The number of rotatable bonds is 7. The molecule has 8 nitrogen and oxygen atoms in total. The zero-order valence-corrected chi connectivity index (χ0v) is 28.6. The smallest absolute Gasteiger partial charge is 0.341 e. The van der Waals surface area contributed by atoms with E-state index in [0.29, 0.717) is 30.2 Å². The highest BCUT2D eigenvalue weighted by Gasteiger charge is 2.67. The van der Waals surface area contributed by atoms with Crippen molar-refractivity contribution in [2.24, 2.45) is 33.0 Å². The Morgan fingerprint density at radius 2 is 1.76 bits per heavy atom. The number of unbranched alkanes of at least 4 members (excludes halogenated alkanes) is 1. The Morgan fingerprint density at radius 3 is 2.50 bits per heavy atom. The minimum atomic E-state index is -0.532. The number of ketones is 1. The van der Waals surface area contributed by atoms with Crippen molar-refractivity contribution >= 4 is 17.7 Å². The molecule has 5 aliphatic carbocycles. The van der Waals surface area contributed by atoms with Crippen LogP contribution in [-0.4, -0.2) is 46.3 Å². The Balaban J connectivity index is 1.17. The largest absolute Gasteiger partial charge is 0.504 e. The Bertz CT molecular complexity index is 1610. The molecule has 0 bridgehead atoms. The highest BCUT2D eigenvalue weighted by atomic mass is 16.5. The van der Waals surface area contributed by atoms with Crippen molar-refractivity contribution in [2.75, 3.05) is 13.7 Å². The van der Waals surface area contributed by atoms with E-state index < -0.39 is 11.4 Å². The van der Waals surface area contributed by atoms with Gasteiger partial charge in [0.05, 0.1) is 30.9 Å². The minimum Gasteiger partial charge on any atom is -0.504 e. The molecule has 0 aromatic carbocycles. The first-order valence-electron chi connectivity index (χ1n) is 17.0. The van der Waals surface area contributed by atoms with Crippen LogP contribution in [-0.2, 0) is 25.6 Å².